The van der Waals surface area contributed by atoms with Crippen LogP contribution < -0.4 is 14.8 Å². The number of para-hydroxylation sites is 1. The molecule has 2 N–H and O–H groups in total. The Morgan fingerprint density at radius 3 is 2.41 bits per heavy atom. The van der Waals surface area contributed by atoms with Gasteiger partial charge in [-0.2, -0.15) is 0 Å². The number of ether oxygens (including phenoxy) is 2. The minimum absolute atomic E-state index is 0.0118. The van der Waals surface area contributed by atoms with Gasteiger partial charge in [-0.25, -0.2) is 0 Å². The van der Waals surface area contributed by atoms with Crippen LogP contribution in [0.4, 0.5) is 0 Å². The van der Waals surface area contributed by atoms with Crippen LogP contribution in [-0.2, 0) is 4.79 Å². The summed E-state index contributed by atoms with van der Waals surface area (Å²) in [5.41, 5.74) is 5.54. The summed E-state index contributed by atoms with van der Waals surface area (Å²) in [5, 5.41) is 4.20. The number of rotatable bonds is 8. The molecule has 5 nitrogen and oxygen atoms in total. The zero-order chi connectivity index (χ0) is 22.5. The van der Waals surface area contributed by atoms with Crippen molar-refractivity contribution in [3.05, 3.63) is 95.2 Å². The topological polar surface area (TPSA) is 63.4 Å². The van der Waals surface area contributed by atoms with Gasteiger partial charge in [-0.15, -0.1) is 0 Å². The maximum absolute atomic E-state index is 12.6. The third-order valence-electron chi connectivity index (χ3n) is 5.58. The molecule has 0 saturated carbocycles. The van der Waals surface area contributed by atoms with Crippen LogP contribution in [0.5, 0.6) is 11.5 Å². The van der Waals surface area contributed by atoms with Gasteiger partial charge in [0.1, 0.15) is 11.5 Å². The van der Waals surface area contributed by atoms with Crippen molar-refractivity contribution >= 4 is 16.8 Å². The number of carbonyl (C=O) groups is 1. The summed E-state index contributed by atoms with van der Waals surface area (Å²) in [7, 11) is 1.65. The molecule has 5 heteroatoms. The quantitative estimate of drug-likeness (QED) is 0.409. The van der Waals surface area contributed by atoms with Crippen LogP contribution in [0.15, 0.2) is 72.9 Å². The lowest BCUT2D eigenvalue weighted by Gasteiger charge is -2.19. The van der Waals surface area contributed by atoms with E-state index in [1.165, 1.54) is 0 Å². The molecule has 0 aliphatic heterocycles. The van der Waals surface area contributed by atoms with Crippen molar-refractivity contribution in [3.8, 4) is 11.5 Å². The molecule has 0 saturated heterocycles. The van der Waals surface area contributed by atoms with Crippen molar-refractivity contribution in [2.24, 2.45) is 0 Å². The Balaban J connectivity index is 1.50. The number of fused-ring (bicyclic) bond motifs is 1. The Hall–Kier alpha value is -3.73. The first-order valence-electron chi connectivity index (χ1n) is 10.7. The van der Waals surface area contributed by atoms with Crippen LogP contribution in [0.1, 0.15) is 28.2 Å². The summed E-state index contributed by atoms with van der Waals surface area (Å²) in [6.07, 6.45) is 2.03. The molecule has 1 aromatic heterocycles. The van der Waals surface area contributed by atoms with Crippen LogP contribution in [-0.4, -0.2) is 31.2 Å². The Labute approximate surface area is 188 Å². The lowest BCUT2D eigenvalue weighted by Crippen LogP contribution is -2.32. The van der Waals surface area contributed by atoms with E-state index >= 15 is 0 Å². The number of nitrogens with one attached hydrogen (secondary N) is 2. The normalized spacial score (nSPS) is 11.8. The number of methoxy groups -OCH3 is 1. The second kappa shape index (κ2) is 9.60. The predicted octanol–water partition coefficient (Wildman–Crippen LogP) is 5.12. The number of aryl methyl sites for hydroxylation is 2. The molecule has 0 aliphatic rings. The minimum atomic E-state index is -0.150. The third-order valence-corrected chi connectivity index (χ3v) is 5.58. The van der Waals surface area contributed by atoms with Crippen molar-refractivity contribution in [2.75, 3.05) is 20.3 Å². The molecule has 0 fully saturated rings. The Bertz CT molecular complexity index is 1190. The number of hydrogen-bond acceptors (Lipinski definition) is 3. The summed E-state index contributed by atoms with van der Waals surface area (Å²) < 4.78 is 11.0. The average Bonchev–Trinajstić information content (AvgIpc) is 3.22. The Kier molecular flexibility index (Phi) is 6.45. The van der Waals surface area contributed by atoms with E-state index in [1.807, 2.05) is 68.6 Å². The van der Waals surface area contributed by atoms with E-state index in [2.05, 4.69) is 28.5 Å². The second-order valence-electron chi connectivity index (χ2n) is 8.03. The highest BCUT2D eigenvalue weighted by molar-refractivity contribution is 5.84. The summed E-state index contributed by atoms with van der Waals surface area (Å²) in [6, 6.07) is 22.1. The molecule has 4 rings (SSSR count). The maximum atomic E-state index is 12.6. The first-order valence-corrected chi connectivity index (χ1v) is 10.7. The smallest absolute Gasteiger partial charge is 0.257 e. The largest absolute Gasteiger partial charge is 0.497 e. The SMILES string of the molecule is COc1ccc([C@@H](CNC(=O)COc2cc(C)cc(C)c2)c2c[nH]c3ccccc23)cc1. The molecule has 1 amide bonds. The van der Waals surface area contributed by atoms with Gasteiger partial charge in [-0.05, 0) is 66.4 Å². The van der Waals surface area contributed by atoms with Crippen molar-refractivity contribution < 1.29 is 14.3 Å². The number of hydrogen-bond donors (Lipinski definition) is 2. The predicted molar refractivity (Wildman–Crippen MR) is 128 cm³/mol. The molecule has 164 valence electrons. The highest BCUT2D eigenvalue weighted by atomic mass is 16.5. The van der Waals surface area contributed by atoms with Crippen molar-refractivity contribution in [3.63, 3.8) is 0 Å². The number of carbonyl (C=O) groups excluding carboxylic acids is 1. The molecule has 0 bridgehead atoms. The Morgan fingerprint density at radius 1 is 0.969 bits per heavy atom. The Morgan fingerprint density at radius 2 is 1.69 bits per heavy atom. The molecule has 0 unspecified atom stereocenters. The fourth-order valence-corrected chi connectivity index (χ4v) is 4.06. The maximum Gasteiger partial charge on any atom is 0.257 e. The van der Waals surface area contributed by atoms with Crippen LogP contribution in [0.2, 0.25) is 0 Å². The molecule has 1 atom stereocenters. The highest BCUT2D eigenvalue weighted by Crippen LogP contribution is 2.31. The number of aromatic amines is 1. The van der Waals surface area contributed by atoms with Gasteiger partial charge in [0.2, 0.25) is 0 Å². The third kappa shape index (κ3) is 4.94. The fourth-order valence-electron chi connectivity index (χ4n) is 4.06. The summed E-state index contributed by atoms with van der Waals surface area (Å²) >= 11 is 0. The van der Waals surface area contributed by atoms with Crippen LogP contribution in [0, 0.1) is 13.8 Å². The molecule has 4 aromatic rings. The summed E-state index contributed by atoms with van der Waals surface area (Å²) in [6.45, 7) is 4.47. The monoisotopic (exact) mass is 428 g/mol. The van der Waals surface area contributed by atoms with Crippen molar-refractivity contribution in [1.29, 1.82) is 0 Å². The standard InChI is InChI=1S/C27H28N2O3/c1-18-12-19(2)14-22(13-18)32-17-27(30)29-15-24(20-8-10-21(31-3)11-9-20)25-16-28-26-7-5-4-6-23(25)26/h4-14,16,24,28H,15,17H2,1-3H3,(H,29,30)/t24-/m1/s1. The van der Waals surface area contributed by atoms with Crippen LogP contribution in [0.3, 0.4) is 0 Å². The van der Waals surface area contributed by atoms with Gasteiger partial charge in [0.15, 0.2) is 6.61 Å². The number of amides is 1. The molecular formula is C27H28N2O3. The van der Waals surface area contributed by atoms with Crippen LogP contribution in [0.25, 0.3) is 10.9 Å². The number of aromatic nitrogens is 1. The van der Waals surface area contributed by atoms with Gasteiger partial charge in [0, 0.05) is 29.6 Å². The first-order chi connectivity index (χ1) is 15.5. The second-order valence-corrected chi connectivity index (χ2v) is 8.03. The van der Waals surface area contributed by atoms with Gasteiger partial charge in [0.05, 0.1) is 7.11 Å². The van der Waals surface area contributed by atoms with E-state index in [0.717, 1.165) is 38.9 Å². The summed E-state index contributed by atoms with van der Waals surface area (Å²) in [4.78, 5) is 15.9. The van der Waals surface area contributed by atoms with E-state index in [-0.39, 0.29) is 18.4 Å². The van der Waals surface area contributed by atoms with E-state index in [1.54, 1.807) is 7.11 Å². The van der Waals surface area contributed by atoms with E-state index in [9.17, 15) is 4.79 Å². The first kappa shape index (κ1) is 21.5. The molecule has 0 radical (unpaired) electrons. The zero-order valence-electron chi connectivity index (χ0n) is 18.6. The van der Waals surface area contributed by atoms with E-state index in [0.29, 0.717) is 12.3 Å². The van der Waals surface area contributed by atoms with Gasteiger partial charge >= 0.3 is 0 Å². The molecule has 1 heterocycles. The highest BCUT2D eigenvalue weighted by Gasteiger charge is 2.19. The van der Waals surface area contributed by atoms with E-state index < -0.39 is 0 Å². The summed E-state index contributed by atoms with van der Waals surface area (Å²) in [5.74, 6) is 1.35. The molecular weight excluding hydrogens is 400 g/mol. The van der Waals surface area contributed by atoms with Gasteiger partial charge in [-0.3, -0.25) is 4.79 Å². The van der Waals surface area contributed by atoms with Gasteiger partial charge in [-0.1, -0.05) is 36.4 Å². The molecule has 0 spiro atoms. The minimum Gasteiger partial charge on any atom is -0.497 e. The van der Waals surface area contributed by atoms with Crippen LogP contribution >= 0.6 is 0 Å². The van der Waals surface area contributed by atoms with Crippen molar-refractivity contribution in [2.45, 2.75) is 19.8 Å². The lowest BCUT2D eigenvalue weighted by molar-refractivity contribution is -0.123. The number of H-pyrrole nitrogens is 1. The van der Waals surface area contributed by atoms with Gasteiger partial charge < -0.3 is 19.8 Å². The van der Waals surface area contributed by atoms with Gasteiger partial charge in [0.25, 0.3) is 5.91 Å². The number of benzene rings is 3. The molecule has 0 aliphatic carbocycles. The fraction of sp³-hybridized carbons (Fsp3) is 0.222. The molecule has 3 aromatic carbocycles. The molecule has 32 heavy (non-hydrogen) atoms. The zero-order valence-corrected chi connectivity index (χ0v) is 18.6. The van der Waals surface area contributed by atoms with E-state index in [4.69, 9.17) is 9.47 Å². The average molecular weight is 429 g/mol. The lowest BCUT2D eigenvalue weighted by atomic mass is 9.91. The van der Waals surface area contributed by atoms with Crippen molar-refractivity contribution in [1.82, 2.24) is 10.3 Å².